The minimum Gasteiger partial charge on any atom is -0.494 e. The molecule has 1 aliphatic carbocycles. The molecular weight excluding hydrogens is 344 g/mol. The first kappa shape index (κ1) is 19.2. The van der Waals surface area contributed by atoms with Crippen molar-refractivity contribution in [3.05, 3.63) is 29.8 Å². The van der Waals surface area contributed by atoms with Crippen LogP contribution in [0.5, 0.6) is 5.75 Å². The third-order valence-electron chi connectivity index (χ3n) is 5.29. The largest absolute Gasteiger partial charge is 0.494 e. The van der Waals surface area contributed by atoms with Gasteiger partial charge in [0.15, 0.2) is 5.41 Å². The summed E-state index contributed by atoms with van der Waals surface area (Å²) >= 11 is 0. The van der Waals surface area contributed by atoms with Crippen LogP contribution in [0.4, 0.5) is 0 Å². The Balaban J connectivity index is 2.06. The van der Waals surface area contributed by atoms with Gasteiger partial charge in [0.25, 0.3) is 5.91 Å². The molecule has 3 atom stereocenters. The topological polar surface area (TPSA) is 114 Å². The zero-order valence-electron chi connectivity index (χ0n) is 15.9. The lowest BCUT2D eigenvalue weighted by Crippen LogP contribution is -2.43. The van der Waals surface area contributed by atoms with Crippen molar-refractivity contribution in [3.8, 4) is 17.9 Å². The molecule has 3 rings (SSSR count). The number of hydrogen-bond donors (Lipinski definition) is 1. The van der Waals surface area contributed by atoms with Gasteiger partial charge in [0.1, 0.15) is 17.0 Å². The van der Waals surface area contributed by atoms with E-state index in [1.54, 1.807) is 13.8 Å². The second-order valence-electron chi connectivity index (χ2n) is 6.64. The number of aliphatic imine (C=N–C) groups is 1. The maximum absolute atomic E-state index is 10.2. The quantitative estimate of drug-likeness (QED) is 0.706. The van der Waals surface area contributed by atoms with Crippen molar-refractivity contribution in [2.45, 2.75) is 39.0 Å². The van der Waals surface area contributed by atoms with Crippen LogP contribution in [0.2, 0.25) is 0 Å². The molecule has 7 heteroatoms. The molecule has 0 saturated heterocycles. The lowest BCUT2D eigenvalue weighted by molar-refractivity contribution is -0.255. The number of nitrogens with zero attached hydrogens (tertiary/aromatic N) is 3. The van der Waals surface area contributed by atoms with E-state index >= 15 is 0 Å². The van der Waals surface area contributed by atoms with E-state index in [1.165, 1.54) is 0 Å². The van der Waals surface area contributed by atoms with Crippen molar-refractivity contribution in [2.75, 3.05) is 19.8 Å². The van der Waals surface area contributed by atoms with Crippen molar-refractivity contribution >= 4 is 5.84 Å². The van der Waals surface area contributed by atoms with Crippen molar-refractivity contribution < 1.29 is 14.2 Å². The predicted molar refractivity (Wildman–Crippen MR) is 98.7 cm³/mol. The minimum absolute atomic E-state index is 0.0877. The molecule has 0 spiro atoms. The number of fused-ring (bicyclic) bond motifs is 1. The molecule has 7 nitrogen and oxygen atoms in total. The Bertz CT molecular complexity index is 817. The summed E-state index contributed by atoms with van der Waals surface area (Å²) in [6.07, 6.45) is 0.914. The molecule has 0 aromatic heterocycles. The van der Waals surface area contributed by atoms with Gasteiger partial charge in [0.2, 0.25) is 0 Å². The highest BCUT2D eigenvalue weighted by Gasteiger charge is 2.93. The van der Waals surface area contributed by atoms with E-state index in [0.29, 0.717) is 6.61 Å². The molecule has 1 fully saturated rings. The van der Waals surface area contributed by atoms with Gasteiger partial charge < -0.3 is 19.9 Å². The number of nitrogens with two attached hydrogens (primary N) is 1. The SMILES string of the molecule is CCCOc1ccc(C2C3(C#N)C(N)=NC(OCC)(OCC)C23C#N)cc1. The average Bonchev–Trinajstić information content (AvgIpc) is 3.26. The van der Waals surface area contributed by atoms with Gasteiger partial charge in [0, 0.05) is 19.1 Å². The third-order valence-corrected chi connectivity index (χ3v) is 5.29. The molecule has 1 aromatic carbocycles. The van der Waals surface area contributed by atoms with Crippen molar-refractivity contribution in [2.24, 2.45) is 21.6 Å². The number of benzene rings is 1. The molecule has 1 aliphatic heterocycles. The Labute approximate surface area is 159 Å². The van der Waals surface area contributed by atoms with Gasteiger partial charge in [-0.1, -0.05) is 19.1 Å². The van der Waals surface area contributed by atoms with E-state index in [9.17, 15) is 10.5 Å². The van der Waals surface area contributed by atoms with Gasteiger partial charge >= 0.3 is 0 Å². The highest BCUT2D eigenvalue weighted by atomic mass is 16.7. The van der Waals surface area contributed by atoms with E-state index in [-0.39, 0.29) is 19.0 Å². The van der Waals surface area contributed by atoms with Crippen molar-refractivity contribution in [3.63, 3.8) is 0 Å². The average molecular weight is 368 g/mol. The third kappa shape index (κ3) is 2.29. The number of ether oxygens (including phenoxy) is 3. The zero-order chi connectivity index (χ0) is 19.7. The number of nitriles is 2. The number of hydrogen-bond acceptors (Lipinski definition) is 7. The maximum atomic E-state index is 10.2. The number of amidine groups is 1. The Kier molecular flexibility index (Phi) is 4.86. The molecule has 1 saturated carbocycles. The van der Waals surface area contributed by atoms with E-state index in [1.807, 2.05) is 31.2 Å². The predicted octanol–water partition coefficient (Wildman–Crippen LogP) is 2.69. The Morgan fingerprint density at radius 1 is 1.07 bits per heavy atom. The Hall–Kier alpha value is -2.61. The molecule has 1 heterocycles. The highest BCUT2D eigenvalue weighted by molar-refractivity contribution is 6.00. The summed E-state index contributed by atoms with van der Waals surface area (Å²) in [5, 5.41) is 20.2. The van der Waals surface area contributed by atoms with Gasteiger partial charge in [-0.05, 0) is 38.0 Å². The fourth-order valence-electron chi connectivity index (χ4n) is 4.23. The fourth-order valence-corrected chi connectivity index (χ4v) is 4.23. The van der Waals surface area contributed by atoms with Crippen LogP contribution in [0.25, 0.3) is 0 Å². The van der Waals surface area contributed by atoms with E-state index in [2.05, 4.69) is 17.1 Å². The first-order valence-corrected chi connectivity index (χ1v) is 9.22. The standard InChI is InChI=1S/C20H24N4O3/c1-4-11-25-15-9-7-14(8-10-15)16-18(12-21)17(23)24-20(26-5-2,27-6-3)19(16,18)13-22/h7-10,16H,4-6,11H2,1-3H3,(H2,23,24). The van der Waals surface area contributed by atoms with Crippen LogP contribution in [0, 0.1) is 33.5 Å². The van der Waals surface area contributed by atoms with Crippen LogP contribution in [-0.4, -0.2) is 31.6 Å². The molecule has 2 N–H and O–H groups in total. The fraction of sp³-hybridized carbons (Fsp3) is 0.550. The molecule has 2 aliphatic rings. The summed E-state index contributed by atoms with van der Waals surface area (Å²) in [6, 6.07) is 12.0. The van der Waals surface area contributed by atoms with Crippen LogP contribution >= 0.6 is 0 Å². The highest BCUT2D eigenvalue weighted by Crippen LogP contribution is 2.81. The minimum atomic E-state index is -1.58. The van der Waals surface area contributed by atoms with Crippen LogP contribution in [0.3, 0.4) is 0 Å². The lowest BCUT2D eigenvalue weighted by Gasteiger charge is -2.31. The van der Waals surface area contributed by atoms with Gasteiger partial charge in [0.05, 0.1) is 18.7 Å². The van der Waals surface area contributed by atoms with Crippen molar-refractivity contribution in [1.29, 1.82) is 10.5 Å². The second-order valence-corrected chi connectivity index (χ2v) is 6.64. The van der Waals surface area contributed by atoms with E-state index in [0.717, 1.165) is 17.7 Å². The van der Waals surface area contributed by atoms with Gasteiger partial charge in [-0.2, -0.15) is 10.5 Å². The second kappa shape index (κ2) is 6.84. The first-order valence-electron chi connectivity index (χ1n) is 9.22. The maximum Gasteiger partial charge on any atom is 0.293 e. The summed E-state index contributed by atoms with van der Waals surface area (Å²) in [7, 11) is 0. The normalized spacial score (nSPS) is 30.0. The zero-order valence-corrected chi connectivity index (χ0v) is 15.9. The molecule has 27 heavy (non-hydrogen) atoms. The lowest BCUT2D eigenvalue weighted by atomic mass is 9.93. The number of rotatable bonds is 8. The van der Waals surface area contributed by atoms with Crippen molar-refractivity contribution in [1.82, 2.24) is 0 Å². The molecule has 142 valence electrons. The molecule has 1 aromatic rings. The van der Waals surface area contributed by atoms with Gasteiger partial charge in [-0.3, -0.25) is 0 Å². The Morgan fingerprint density at radius 2 is 1.70 bits per heavy atom. The van der Waals surface area contributed by atoms with E-state index < -0.39 is 22.7 Å². The molecule has 0 amide bonds. The summed E-state index contributed by atoms with van der Waals surface area (Å²) in [4.78, 5) is 4.33. The van der Waals surface area contributed by atoms with Gasteiger partial charge in [-0.15, -0.1) is 0 Å². The monoisotopic (exact) mass is 368 g/mol. The molecule has 0 bridgehead atoms. The molecule has 0 radical (unpaired) electrons. The smallest absolute Gasteiger partial charge is 0.293 e. The molecule has 3 unspecified atom stereocenters. The van der Waals surface area contributed by atoms with Crippen LogP contribution < -0.4 is 10.5 Å². The van der Waals surface area contributed by atoms with Crippen LogP contribution in [-0.2, 0) is 9.47 Å². The first-order chi connectivity index (χ1) is 13.0. The summed E-state index contributed by atoms with van der Waals surface area (Å²) in [5.74, 6) is -1.24. The Morgan fingerprint density at radius 3 is 2.19 bits per heavy atom. The van der Waals surface area contributed by atoms with Crippen LogP contribution in [0.15, 0.2) is 29.3 Å². The van der Waals surface area contributed by atoms with E-state index in [4.69, 9.17) is 19.9 Å². The summed E-state index contributed by atoms with van der Waals surface area (Å²) in [6.45, 7) is 6.81. The summed E-state index contributed by atoms with van der Waals surface area (Å²) in [5.41, 5.74) is 4.40. The molecular formula is C20H24N4O3. The van der Waals surface area contributed by atoms with Crippen LogP contribution in [0.1, 0.15) is 38.7 Å². The summed E-state index contributed by atoms with van der Waals surface area (Å²) < 4.78 is 17.3. The van der Waals surface area contributed by atoms with Gasteiger partial charge in [-0.25, -0.2) is 4.99 Å².